The number of fused-ring (bicyclic) bond motifs is 1. The van der Waals surface area contributed by atoms with Gasteiger partial charge in [-0.2, -0.15) is 0 Å². The van der Waals surface area contributed by atoms with Gasteiger partial charge in [0.2, 0.25) is 0 Å². The molecule has 0 spiro atoms. The highest BCUT2D eigenvalue weighted by atomic mass is 32.2. The fraction of sp³-hybridized carbons (Fsp3) is 0.391. The first-order valence-corrected chi connectivity index (χ1v) is 10.7. The fourth-order valence-corrected chi connectivity index (χ4v) is 5.09. The minimum atomic E-state index is -3.44. The highest BCUT2D eigenvalue weighted by Crippen LogP contribution is 2.46. The van der Waals surface area contributed by atoms with Crippen molar-refractivity contribution < 1.29 is 8.42 Å². The summed E-state index contributed by atoms with van der Waals surface area (Å²) >= 11 is 0. The molecule has 0 aromatic heterocycles. The molecule has 0 radical (unpaired) electrons. The second kappa shape index (κ2) is 6.38. The fourth-order valence-electron chi connectivity index (χ4n) is 3.81. The van der Waals surface area contributed by atoms with E-state index in [4.69, 9.17) is 0 Å². The van der Waals surface area contributed by atoms with Gasteiger partial charge in [0.1, 0.15) is 0 Å². The molecule has 0 fully saturated rings. The predicted octanol–water partition coefficient (Wildman–Crippen LogP) is 5.87. The summed E-state index contributed by atoms with van der Waals surface area (Å²) in [7, 11) is -3.44. The monoisotopic (exact) mass is 368 g/mol. The second-order valence-electron chi connectivity index (χ2n) is 8.69. The lowest BCUT2D eigenvalue weighted by Crippen LogP contribution is -2.33. The molecule has 0 bridgehead atoms. The third kappa shape index (κ3) is 3.50. The molecular formula is C23H28O2S. The van der Waals surface area contributed by atoms with Crippen LogP contribution in [0.5, 0.6) is 0 Å². The van der Waals surface area contributed by atoms with Crippen LogP contribution in [0.2, 0.25) is 0 Å². The van der Waals surface area contributed by atoms with Crippen LogP contribution >= 0.6 is 0 Å². The van der Waals surface area contributed by atoms with E-state index in [1.54, 1.807) is 24.3 Å². The van der Waals surface area contributed by atoms with Gasteiger partial charge < -0.3 is 0 Å². The molecule has 138 valence electrons. The molecule has 2 aromatic rings. The number of rotatable bonds is 3. The van der Waals surface area contributed by atoms with Crippen molar-refractivity contribution in [2.24, 2.45) is 0 Å². The van der Waals surface area contributed by atoms with E-state index in [2.05, 4.69) is 45.9 Å². The molecule has 2 aromatic carbocycles. The summed E-state index contributed by atoms with van der Waals surface area (Å²) in [4.78, 5) is 0.332. The zero-order chi connectivity index (χ0) is 19.2. The van der Waals surface area contributed by atoms with Crippen LogP contribution in [0.25, 0.3) is 5.57 Å². The average molecular weight is 369 g/mol. The molecule has 1 aliphatic rings. The van der Waals surface area contributed by atoms with Gasteiger partial charge in [-0.25, -0.2) is 8.42 Å². The Morgan fingerprint density at radius 3 is 2.08 bits per heavy atom. The Hall–Kier alpha value is -1.87. The Labute approximate surface area is 157 Å². The predicted molar refractivity (Wildman–Crippen MR) is 109 cm³/mol. The van der Waals surface area contributed by atoms with Crippen LogP contribution in [-0.4, -0.2) is 8.42 Å². The zero-order valence-corrected chi connectivity index (χ0v) is 17.2. The van der Waals surface area contributed by atoms with Crippen molar-refractivity contribution in [3.63, 3.8) is 0 Å². The molecule has 3 rings (SSSR count). The van der Waals surface area contributed by atoms with Crippen LogP contribution in [0.1, 0.15) is 64.2 Å². The maximum absolute atomic E-state index is 12.7. The third-order valence-electron chi connectivity index (χ3n) is 5.71. The van der Waals surface area contributed by atoms with E-state index < -0.39 is 9.84 Å². The maximum Gasteiger partial charge on any atom is 0.200 e. The topological polar surface area (TPSA) is 34.1 Å². The van der Waals surface area contributed by atoms with Gasteiger partial charge in [-0.05, 0) is 65.0 Å². The highest BCUT2D eigenvalue weighted by Gasteiger charge is 2.36. The first-order chi connectivity index (χ1) is 12.0. The van der Waals surface area contributed by atoms with E-state index in [-0.39, 0.29) is 10.8 Å². The Kier molecular flexibility index (Phi) is 4.64. The van der Waals surface area contributed by atoms with Gasteiger partial charge in [-0.1, -0.05) is 64.1 Å². The summed E-state index contributed by atoms with van der Waals surface area (Å²) in [6.45, 7) is 11.0. The second-order valence-corrected chi connectivity index (χ2v) is 10.5. The summed E-state index contributed by atoms with van der Waals surface area (Å²) in [6, 6.07) is 15.0. The first kappa shape index (κ1) is 18.9. The molecule has 0 atom stereocenters. The van der Waals surface area contributed by atoms with Crippen LogP contribution in [0.3, 0.4) is 0 Å². The standard InChI is InChI=1S/C23H28O2S/c1-17(16-26(24,25)19-9-7-6-8-10-19)18-11-12-20-21(15-18)23(4,5)14-13-22(20,2)3/h6-12,15-16H,13-14H2,1-5H3. The normalized spacial score (nSPS) is 19.0. The molecular weight excluding hydrogens is 340 g/mol. The molecule has 0 saturated heterocycles. The molecule has 0 aliphatic heterocycles. The van der Waals surface area contributed by atoms with E-state index in [0.29, 0.717) is 4.90 Å². The number of benzene rings is 2. The molecule has 0 amide bonds. The summed E-state index contributed by atoms with van der Waals surface area (Å²) < 4.78 is 25.3. The van der Waals surface area contributed by atoms with Crippen LogP contribution in [0, 0.1) is 0 Å². The smallest absolute Gasteiger partial charge is 0.200 e. The van der Waals surface area contributed by atoms with Crippen molar-refractivity contribution >= 4 is 15.4 Å². The summed E-state index contributed by atoms with van der Waals surface area (Å²) in [5.74, 6) is 0. The Bertz CT molecular complexity index is 949. The van der Waals surface area contributed by atoms with Crippen LogP contribution in [0.15, 0.2) is 58.8 Å². The Morgan fingerprint density at radius 1 is 0.885 bits per heavy atom. The van der Waals surface area contributed by atoms with Crippen LogP contribution < -0.4 is 0 Å². The van der Waals surface area contributed by atoms with Crippen LogP contribution in [-0.2, 0) is 20.7 Å². The highest BCUT2D eigenvalue weighted by molar-refractivity contribution is 7.94. The SMILES string of the molecule is CC(=CS(=O)(=O)c1ccccc1)c1ccc2c(c1)C(C)(C)CCC2(C)C. The van der Waals surface area contributed by atoms with Crippen molar-refractivity contribution in [1.29, 1.82) is 0 Å². The number of hydrogen-bond donors (Lipinski definition) is 0. The Morgan fingerprint density at radius 2 is 1.46 bits per heavy atom. The van der Waals surface area contributed by atoms with Gasteiger partial charge in [0.15, 0.2) is 9.84 Å². The van der Waals surface area contributed by atoms with Gasteiger partial charge >= 0.3 is 0 Å². The van der Waals surface area contributed by atoms with E-state index >= 15 is 0 Å². The minimum Gasteiger partial charge on any atom is -0.219 e. The number of sulfone groups is 1. The maximum atomic E-state index is 12.7. The first-order valence-electron chi connectivity index (χ1n) is 9.17. The van der Waals surface area contributed by atoms with Crippen molar-refractivity contribution in [1.82, 2.24) is 0 Å². The number of hydrogen-bond acceptors (Lipinski definition) is 2. The molecule has 0 N–H and O–H groups in total. The summed E-state index contributed by atoms with van der Waals surface area (Å²) in [5.41, 5.74) is 4.76. The molecule has 0 heterocycles. The van der Waals surface area contributed by atoms with Gasteiger partial charge in [0.25, 0.3) is 0 Å². The van der Waals surface area contributed by atoms with E-state index in [0.717, 1.165) is 17.6 Å². The quantitative estimate of drug-likeness (QED) is 0.679. The van der Waals surface area contributed by atoms with Gasteiger partial charge in [0, 0.05) is 5.41 Å². The van der Waals surface area contributed by atoms with Crippen molar-refractivity contribution in [3.05, 3.63) is 70.6 Å². The van der Waals surface area contributed by atoms with Crippen molar-refractivity contribution in [2.75, 3.05) is 0 Å². The molecule has 2 nitrogen and oxygen atoms in total. The molecule has 1 aliphatic carbocycles. The zero-order valence-electron chi connectivity index (χ0n) is 16.3. The van der Waals surface area contributed by atoms with Crippen LogP contribution in [0.4, 0.5) is 0 Å². The lowest BCUT2D eigenvalue weighted by molar-refractivity contribution is 0.332. The molecule has 26 heavy (non-hydrogen) atoms. The summed E-state index contributed by atoms with van der Waals surface area (Å²) in [6.07, 6.45) is 2.31. The lowest BCUT2D eigenvalue weighted by Gasteiger charge is -2.42. The van der Waals surface area contributed by atoms with E-state index in [1.807, 2.05) is 13.0 Å². The Balaban J connectivity index is 2.06. The number of allylic oxidation sites excluding steroid dienone is 1. The minimum absolute atomic E-state index is 0.111. The van der Waals surface area contributed by atoms with Gasteiger partial charge in [0.05, 0.1) is 4.90 Å². The molecule has 3 heteroatoms. The summed E-state index contributed by atoms with van der Waals surface area (Å²) in [5, 5.41) is 1.39. The molecule has 0 unspecified atom stereocenters. The van der Waals surface area contributed by atoms with Crippen molar-refractivity contribution in [3.8, 4) is 0 Å². The lowest BCUT2D eigenvalue weighted by atomic mass is 9.63. The van der Waals surface area contributed by atoms with Gasteiger partial charge in [-0.15, -0.1) is 0 Å². The largest absolute Gasteiger partial charge is 0.219 e. The third-order valence-corrected chi connectivity index (χ3v) is 7.30. The van der Waals surface area contributed by atoms with Gasteiger partial charge in [-0.3, -0.25) is 0 Å². The van der Waals surface area contributed by atoms with E-state index in [1.165, 1.54) is 23.0 Å². The molecule has 0 saturated carbocycles. The van der Waals surface area contributed by atoms with E-state index in [9.17, 15) is 8.42 Å². The van der Waals surface area contributed by atoms with Crippen molar-refractivity contribution in [2.45, 2.75) is 63.2 Å². The average Bonchev–Trinajstić information content (AvgIpc) is 2.59.